The summed E-state index contributed by atoms with van der Waals surface area (Å²) in [5.41, 5.74) is 8.73. The Hall–Kier alpha value is -5.80. The zero-order chi connectivity index (χ0) is 29.3. The van der Waals surface area contributed by atoms with Gasteiger partial charge in [-0.25, -0.2) is 9.97 Å². The van der Waals surface area contributed by atoms with E-state index < -0.39 is 5.41 Å². The lowest BCUT2D eigenvalue weighted by Crippen LogP contribution is -2.34. The first-order chi connectivity index (χ1) is 21.8. The highest BCUT2D eigenvalue weighted by molar-refractivity contribution is 5.74. The van der Waals surface area contributed by atoms with Gasteiger partial charge in [0, 0.05) is 27.8 Å². The van der Waals surface area contributed by atoms with Crippen LogP contribution < -0.4 is 4.74 Å². The topological polar surface area (TPSA) is 35.0 Å². The molecule has 0 atom stereocenters. The van der Waals surface area contributed by atoms with E-state index in [-0.39, 0.29) is 0 Å². The van der Waals surface area contributed by atoms with Gasteiger partial charge < -0.3 is 4.74 Å². The van der Waals surface area contributed by atoms with Crippen molar-refractivity contribution in [2.75, 3.05) is 0 Å². The molecule has 0 saturated heterocycles. The van der Waals surface area contributed by atoms with Crippen LogP contribution in [-0.4, -0.2) is 9.97 Å². The number of hydrogen-bond donors (Lipinski definition) is 0. The monoisotopic (exact) mass is 564 g/mol. The van der Waals surface area contributed by atoms with E-state index in [1.807, 2.05) is 48.5 Å². The average molecular weight is 565 g/mol. The van der Waals surface area contributed by atoms with Crippen molar-refractivity contribution < 1.29 is 4.74 Å². The third-order valence-electron chi connectivity index (χ3n) is 8.43. The van der Waals surface area contributed by atoms with E-state index in [1.54, 1.807) is 0 Å². The summed E-state index contributed by atoms with van der Waals surface area (Å²) in [5, 5.41) is 0. The van der Waals surface area contributed by atoms with Gasteiger partial charge in [0.2, 0.25) is 0 Å². The summed E-state index contributed by atoms with van der Waals surface area (Å²) in [6.07, 6.45) is 0. The normalized spacial score (nSPS) is 12.9. The summed E-state index contributed by atoms with van der Waals surface area (Å²) >= 11 is 0. The maximum atomic E-state index is 6.50. The maximum Gasteiger partial charge on any atom is 0.160 e. The van der Waals surface area contributed by atoms with Crippen LogP contribution in [0.15, 0.2) is 170 Å². The predicted molar refractivity (Wildman–Crippen MR) is 177 cm³/mol. The van der Waals surface area contributed by atoms with Crippen LogP contribution in [0.4, 0.5) is 0 Å². The maximum absolute atomic E-state index is 6.50. The van der Waals surface area contributed by atoms with Gasteiger partial charge in [-0.3, -0.25) is 0 Å². The van der Waals surface area contributed by atoms with E-state index in [2.05, 4.69) is 121 Å². The second-order valence-corrected chi connectivity index (χ2v) is 11.0. The molecule has 1 aromatic heterocycles. The van der Waals surface area contributed by atoms with E-state index in [9.17, 15) is 0 Å². The van der Waals surface area contributed by atoms with Gasteiger partial charge in [0.1, 0.15) is 11.5 Å². The number of benzene rings is 6. The van der Waals surface area contributed by atoms with Crippen molar-refractivity contribution in [3.05, 3.63) is 192 Å². The molecule has 7 aromatic rings. The van der Waals surface area contributed by atoms with Gasteiger partial charge in [-0.2, -0.15) is 0 Å². The number of nitrogens with zero attached hydrogens (tertiary/aromatic N) is 2. The van der Waals surface area contributed by atoms with Crippen LogP contribution in [0, 0.1) is 0 Å². The number of rotatable bonds is 5. The second kappa shape index (κ2) is 10.8. The molecule has 3 heteroatoms. The molecule has 1 aliphatic heterocycles. The van der Waals surface area contributed by atoms with Gasteiger partial charge in [0.25, 0.3) is 0 Å². The highest BCUT2D eigenvalue weighted by Gasteiger charge is 2.45. The smallest absolute Gasteiger partial charge is 0.160 e. The van der Waals surface area contributed by atoms with Crippen LogP contribution in [-0.2, 0) is 5.41 Å². The molecule has 208 valence electrons. The van der Waals surface area contributed by atoms with Crippen molar-refractivity contribution in [2.45, 2.75) is 5.41 Å². The standard InChI is InChI=1S/C41H28N2O/c1-4-15-29(16-5-1)36-28-37(30-17-6-2-7-18-30)43-40(42-36)31-19-14-22-33(27-31)41(32-20-8-3-9-21-32)34-23-10-12-25-38(34)44-39-26-13-11-24-35(39)41/h1-28H. The van der Waals surface area contributed by atoms with Crippen LogP contribution >= 0.6 is 0 Å². The van der Waals surface area contributed by atoms with Crippen molar-refractivity contribution in [3.8, 4) is 45.4 Å². The Labute approximate surface area is 257 Å². The van der Waals surface area contributed by atoms with Crippen molar-refractivity contribution in [1.29, 1.82) is 0 Å². The third-order valence-corrected chi connectivity index (χ3v) is 8.43. The quantitative estimate of drug-likeness (QED) is 0.209. The summed E-state index contributed by atoms with van der Waals surface area (Å²) in [4.78, 5) is 10.3. The minimum Gasteiger partial charge on any atom is -0.457 e. The first-order valence-corrected chi connectivity index (χ1v) is 14.8. The van der Waals surface area contributed by atoms with E-state index in [0.29, 0.717) is 5.82 Å². The fraction of sp³-hybridized carbons (Fsp3) is 0.0244. The zero-order valence-corrected chi connectivity index (χ0v) is 24.0. The van der Waals surface area contributed by atoms with Gasteiger partial charge in [0.05, 0.1) is 16.8 Å². The predicted octanol–water partition coefficient (Wildman–Crippen LogP) is 9.97. The fourth-order valence-electron chi connectivity index (χ4n) is 6.45. The summed E-state index contributed by atoms with van der Waals surface area (Å²) in [5.74, 6) is 2.40. The van der Waals surface area contributed by atoms with E-state index in [0.717, 1.165) is 56.3 Å². The molecule has 0 bridgehead atoms. The zero-order valence-electron chi connectivity index (χ0n) is 24.0. The van der Waals surface area contributed by atoms with Gasteiger partial charge >= 0.3 is 0 Å². The number of para-hydroxylation sites is 2. The molecule has 8 rings (SSSR count). The summed E-state index contributed by atoms with van der Waals surface area (Å²) < 4.78 is 6.50. The van der Waals surface area contributed by atoms with Crippen LogP contribution in [0.2, 0.25) is 0 Å². The molecule has 0 amide bonds. The van der Waals surface area contributed by atoms with Crippen molar-refractivity contribution >= 4 is 0 Å². The lowest BCUT2D eigenvalue weighted by Gasteiger charge is -2.41. The number of aromatic nitrogens is 2. The van der Waals surface area contributed by atoms with E-state index >= 15 is 0 Å². The van der Waals surface area contributed by atoms with Gasteiger partial charge in [-0.1, -0.05) is 146 Å². The number of fused-ring (bicyclic) bond motifs is 2. The summed E-state index contributed by atoms with van der Waals surface area (Å²) in [7, 11) is 0. The van der Waals surface area contributed by atoms with E-state index in [4.69, 9.17) is 14.7 Å². The number of ether oxygens (including phenoxy) is 1. The molecule has 0 fully saturated rings. The summed E-state index contributed by atoms with van der Waals surface area (Å²) in [6.45, 7) is 0. The molecular weight excluding hydrogens is 536 g/mol. The lowest BCUT2D eigenvalue weighted by molar-refractivity contribution is 0.434. The molecule has 1 aliphatic rings. The van der Waals surface area contributed by atoms with Crippen LogP contribution in [0.1, 0.15) is 22.3 Å². The van der Waals surface area contributed by atoms with Crippen LogP contribution in [0.3, 0.4) is 0 Å². The lowest BCUT2D eigenvalue weighted by atomic mass is 9.63. The minimum absolute atomic E-state index is 0.609. The van der Waals surface area contributed by atoms with Crippen molar-refractivity contribution in [2.24, 2.45) is 0 Å². The molecule has 44 heavy (non-hydrogen) atoms. The Morgan fingerprint density at radius 2 is 0.841 bits per heavy atom. The van der Waals surface area contributed by atoms with Gasteiger partial charge in [0.15, 0.2) is 5.82 Å². The van der Waals surface area contributed by atoms with Gasteiger partial charge in [-0.15, -0.1) is 0 Å². The minimum atomic E-state index is -0.609. The molecule has 0 unspecified atom stereocenters. The van der Waals surface area contributed by atoms with Crippen molar-refractivity contribution in [1.82, 2.24) is 9.97 Å². The largest absolute Gasteiger partial charge is 0.457 e. The number of hydrogen-bond acceptors (Lipinski definition) is 3. The average Bonchev–Trinajstić information content (AvgIpc) is 3.11. The fourth-order valence-corrected chi connectivity index (χ4v) is 6.45. The van der Waals surface area contributed by atoms with Crippen LogP contribution in [0.25, 0.3) is 33.9 Å². The molecule has 0 radical (unpaired) electrons. The highest BCUT2D eigenvalue weighted by atomic mass is 16.5. The molecule has 2 heterocycles. The molecule has 0 saturated carbocycles. The highest BCUT2D eigenvalue weighted by Crippen LogP contribution is 2.55. The Morgan fingerprint density at radius 1 is 0.386 bits per heavy atom. The van der Waals surface area contributed by atoms with Crippen molar-refractivity contribution in [3.63, 3.8) is 0 Å². The molecule has 0 N–H and O–H groups in total. The first-order valence-electron chi connectivity index (χ1n) is 14.8. The Bertz CT molecular complexity index is 1990. The molecule has 3 nitrogen and oxygen atoms in total. The second-order valence-electron chi connectivity index (χ2n) is 11.0. The Kier molecular flexibility index (Phi) is 6.35. The molecular formula is C41H28N2O. The third kappa shape index (κ3) is 4.29. The first kappa shape index (κ1) is 25.9. The Morgan fingerprint density at radius 3 is 1.41 bits per heavy atom. The van der Waals surface area contributed by atoms with E-state index in [1.165, 1.54) is 5.56 Å². The SMILES string of the molecule is c1ccc(-c2cc(-c3ccccc3)nc(-c3cccc(C4(c5ccccc5)c5ccccc5Oc5ccccc54)c3)n2)cc1. The van der Waals surface area contributed by atoms with Crippen LogP contribution in [0.5, 0.6) is 11.5 Å². The molecule has 0 spiro atoms. The Balaban J connectivity index is 1.39. The molecule has 6 aromatic carbocycles. The summed E-state index contributed by atoms with van der Waals surface area (Å²) in [6, 6.07) is 58.9. The molecule has 0 aliphatic carbocycles. The van der Waals surface area contributed by atoms with Gasteiger partial charge in [-0.05, 0) is 35.4 Å².